The fourth-order valence-electron chi connectivity index (χ4n) is 2.33. The van der Waals surface area contributed by atoms with Crippen LogP contribution in [0.5, 0.6) is 5.75 Å². The third kappa shape index (κ3) is 3.72. The van der Waals surface area contributed by atoms with Gasteiger partial charge in [0.1, 0.15) is 5.75 Å². The molecule has 3 aromatic rings. The van der Waals surface area contributed by atoms with Crippen LogP contribution in [0.2, 0.25) is 0 Å². The van der Waals surface area contributed by atoms with Gasteiger partial charge in [0.15, 0.2) is 0 Å². The Hall–Kier alpha value is -2.86. The average molecular weight is 339 g/mol. The van der Waals surface area contributed by atoms with E-state index in [1.807, 2.05) is 41.1 Å². The molecule has 0 aliphatic rings. The van der Waals surface area contributed by atoms with Crippen LogP contribution in [0.4, 0.5) is 10.5 Å². The molecule has 0 unspecified atom stereocenters. The molecule has 0 saturated carbocycles. The van der Waals surface area contributed by atoms with Gasteiger partial charge in [0.25, 0.3) is 0 Å². The summed E-state index contributed by atoms with van der Waals surface area (Å²) < 4.78 is 5.23. The standard InChI is InChI=1S/C18H17N3O2S/c1-23-16-7-3-2-6-15(16)21-18(22)20-11-13-5-4-9-19-17(13)14-8-10-24-12-14/h2-10,12H,11H2,1H3,(H2,20,21,22). The molecule has 2 amide bonds. The topological polar surface area (TPSA) is 63.2 Å². The summed E-state index contributed by atoms with van der Waals surface area (Å²) in [6.45, 7) is 0.389. The molecule has 0 saturated heterocycles. The number of carbonyl (C=O) groups is 1. The van der Waals surface area contributed by atoms with Gasteiger partial charge in [-0.25, -0.2) is 4.79 Å². The quantitative estimate of drug-likeness (QED) is 0.734. The fraction of sp³-hybridized carbons (Fsp3) is 0.111. The Balaban J connectivity index is 1.67. The summed E-state index contributed by atoms with van der Waals surface area (Å²) in [5, 5.41) is 9.70. The third-order valence-corrected chi connectivity index (χ3v) is 4.16. The Morgan fingerprint density at radius 2 is 2.08 bits per heavy atom. The molecule has 2 aromatic heterocycles. The number of pyridine rings is 1. The summed E-state index contributed by atoms with van der Waals surface area (Å²) in [6, 6.07) is 12.8. The van der Waals surface area contributed by atoms with Crippen molar-refractivity contribution in [2.24, 2.45) is 0 Å². The Morgan fingerprint density at radius 3 is 2.88 bits per heavy atom. The van der Waals surface area contributed by atoms with E-state index < -0.39 is 0 Å². The van der Waals surface area contributed by atoms with Crippen molar-refractivity contribution in [3.05, 3.63) is 65.0 Å². The van der Waals surface area contributed by atoms with E-state index in [4.69, 9.17) is 4.74 Å². The number of amides is 2. The second kappa shape index (κ2) is 7.61. The largest absolute Gasteiger partial charge is 0.495 e. The van der Waals surface area contributed by atoms with Crippen LogP contribution in [-0.4, -0.2) is 18.1 Å². The first-order valence-corrected chi connectivity index (χ1v) is 8.36. The molecule has 0 bridgehead atoms. The van der Waals surface area contributed by atoms with Gasteiger partial charge in [-0.15, -0.1) is 0 Å². The van der Waals surface area contributed by atoms with Crippen LogP contribution in [0.3, 0.4) is 0 Å². The number of thiophene rings is 1. The van der Waals surface area contributed by atoms with E-state index in [0.29, 0.717) is 18.0 Å². The van der Waals surface area contributed by atoms with Crippen LogP contribution >= 0.6 is 11.3 Å². The molecule has 3 rings (SSSR count). The number of carbonyl (C=O) groups excluding carboxylic acids is 1. The summed E-state index contributed by atoms with van der Waals surface area (Å²) in [7, 11) is 1.57. The number of ether oxygens (including phenoxy) is 1. The van der Waals surface area contributed by atoms with E-state index in [1.165, 1.54) is 0 Å². The predicted octanol–water partition coefficient (Wildman–Crippen LogP) is 4.14. The molecular formula is C18H17N3O2S. The Kier molecular flexibility index (Phi) is 5.08. The number of aromatic nitrogens is 1. The van der Waals surface area contributed by atoms with E-state index >= 15 is 0 Å². The molecule has 122 valence electrons. The van der Waals surface area contributed by atoms with E-state index in [-0.39, 0.29) is 6.03 Å². The number of hydrogen-bond donors (Lipinski definition) is 2. The van der Waals surface area contributed by atoms with Crippen LogP contribution in [-0.2, 0) is 6.54 Å². The van der Waals surface area contributed by atoms with Crippen molar-refractivity contribution in [1.29, 1.82) is 0 Å². The second-order valence-corrected chi connectivity index (χ2v) is 5.81. The minimum absolute atomic E-state index is 0.292. The minimum Gasteiger partial charge on any atom is -0.495 e. The first-order chi connectivity index (χ1) is 11.8. The van der Waals surface area contributed by atoms with E-state index in [0.717, 1.165) is 16.8 Å². The normalized spacial score (nSPS) is 10.2. The highest BCUT2D eigenvalue weighted by Gasteiger charge is 2.10. The molecule has 0 fully saturated rings. The average Bonchev–Trinajstić information content (AvgIpc) is 3.15. The van der Waals surface area contributed by atoms with Gasteiger partial charge >= 0.3 is 6.03 Å². The Morgan fingerprint density at radius 1 is 1.21 bits per heavy atom. The van der Waals surface area contributed by atoms with Crippen molar-refractivity contribution in [1.82, 2.24) is 10.3 Å². The maximum absolute atomic E-state index is 12.2. The summed E-state index contributed by atoms with van der Waals surface area (Å²) in [6.07, 6.45) is 1.76. The Bertz CT molecular complexity index is 819. The molecule has 0 aliphatic carbocycles. The van der Waals surface area contributed by atoms with Gasteiger partial charge in [-0.1, -0.05) is 18.2 Å². The number of hydrogen-bond acceptors (Lipinski definition) is 4. The highest BCUT2D eigenvalue weighted by molar-refractivity contribution is 7.08. The zero-order valence-corrected chi connectivity index (χ0v) is 14.0. The van der Waals surface area contributed by atoms with Crippen molar-refractivity contribution in [3.8, 4) is 17.0 Å². The van der Waals surface area contributed by atoms with Gasteiger partial charge in [-0.2, -0.15) is 11.3 Å². The van der Waals surface area contributed by atoms with Gasteiger partial charge in [-0.3, -0.25) is 4.98 Å². The van der Waals surface area contributed by atoms with Crippen molar-refractivity contribution in [2.45, 2.75) is 6.54 Å². The number of nitrogens with zero attached hydrogens (tertiary/aromatic N) is 1. The van der Waals surface area contributed by atoms with E-state index in [9.17, 15) is 4.79 Å². The third-order valence-electron chi connectivity index (χ3n) is 3.48. The molecule has 6 heteroatoms. The molecule has 2 N–H and O–H groups in total. The first kappa shape index (κ1) is 16.0. The van der Waals surface area contributed by atoms with Crippen molar-refractivity contribution in [2.75, 3.05) is 12.4 Å². The fourth-order valence-corrected chi connectivity index (χ4v) is 2.97. The molecule has 5 nitrogen and oxygen atoms in total. The highest BCUT2D eigenvalue weighted by atomic mass is 32.1. The van der Waals surface area contributed by atoms with Crippen molar-refractivity contribution >= 4 is 23.1 Å². The van der Waals surface area contributed by atoms with Crippen LogP contribution in [0, 0.1) is 0 Å². The van der Waals surface area contributed by atoms with Gasteiger partial charge in [-0.05, 0) is 35.2 Å². The zero-order chi connectivity index (χ0) is 16.8. The number of anilines is 1. The van der Waals surface area contributed by atoms with Crippen LogP contribution in [0.25, 0.3) is 11.3 Å². The number of para-hydroxylation sites is 2. The Labute approximate surface area is 144 Å². The maximum Gasteiger partial charge on any atom is 0.319 e. The summed E-state index contributed by atoms with van der Waals surface area (Å²) >= 11 is 1.62. The van der Waals surface area contributed by atoms with Gasteiger partial charge in [0.2, 0.25) is 0 Å². The van der Waals surface area contributed by atoms with E-state index in [1.54, 1.807) is 36.8 Å². The van der Waals surface area contributed by atoms with Gasteiger partial charge in [0.05, 0.1) is 18.5 Å². The number of rotatable bonds is 5. The lowest BCUT2D eigenvalue weighted by atomic mass is 10.1. The SMILES string of the molecule is COc1ccccc1NC(=O)NCc1cccnc1-c1ccsc1. The number of urea groups is 1. The molecule has 1 aromatic carbocycles. The predicted molar refractivity (Wildman–Crippen MR) is 96.4 cm³/mol. The molecule has 0 aliphatic heterocycles. The monoisotopic (exact) mass is 339 g/mol. The number of benzene rings is 1. The van der Waals surface area contributed by atoms with Crippen molar-refractivity contribution in [3.63, 3.8) is 0 Å². The molecule has 0 spiro atoms. The zero-order valence-electron chi connectivity index (χ0n) is 13.2. The van der Waals surface area contributed by atoms with Gasteiger partial charge in [0, 0.05) is 23.7 Å². The second-order valence-electron chi connectivity index (χ2n) is 5.03. The molecular weight excluding hydrogens is 322 g/mol. The summed E-state index contributed by atoms with van der Waals surface area (Å²) in [4.78, 5) is 16.6. The lowest BCUT2D eigenvalue weighted by Crippen LogP contribution is -2.28. The lowest BCUT2D eigenvalue weighted by molar-refractivity contribution is 0.251. The van der Waals surface area contributed by atoms with Crippen LogP contribution < -0.4 is 15.4 Å². The smallest absolute Gasteiger partial charge is 0.319 e. The molecule has 0 radical (unpaired) electrons. The maximum atomic E-state index is 12.2. The highest BCUT2D eigenvalue weighted by Crippen LogP contribution is 2.24. The summed E-state index contributed by atoms with van der Waals surface area (Å²) in [5.41, 5.74) is 3.53. The summed E-state index contributed by atoms with van der Waals surface area (Å²) in [5.74, 6) is 0.619. The minimum atomic E-state index is -0.292. The van der Waals surface area contributed by atoms with Crippen LogP contribution in [0.1, 0.15) is 5.56 Å². The van der Waals surface area contributed by atoms with Crippen LogP contribution in [0.15, 0.2) is 59.4 Å². The van der Waals surface area contributed by atoms with Crippen molar-refractivity contribution < 1.29 is 9.53 Å². The lowest BCUT2D eigenvalue weighted by Gasteiger charge is -2.12. The number of nitrogens with one attached hydrogen (secondary N) is 2. The number of methoxy groups -OCH3 is 1. The van der Waals surface area contributed by atoms with Gasteiger partial charge < -0.3 is 15.4 Å². The van der Waals surface area contributed by atoms with E-state index in [2.05, 4.69) is 15.6 Å². The first-order valence-electron chi connectivity index (χ1n) is 7.42. The molecule has 24 heavy (non-hydrogen) atoms. The molecule has 2 heterocycles. The molecule has 0 atom stereocenters.